The molecular formula is C18H27NO. The smallest absolute Gasteiger partial charge is 0.179 e. The number of carbonyl (C=O) groups is 1. The summed E-state index contributed by atoms with van der Waals surface area (Å²) < 4.78 is 0. The Balaban J connectivity index is 2.18. The van der Waals surface area contributed by atoms with Crippen molar-refractivity contribution in [1.29, 1.82) is 0 Å². The van der Waals surface area contributed by atoms with E-state index in [2.05, 4.69) is 37.8 Å². The summed E-state index contributed by atoms with van der Waals surface area (Å²) in [4.78, 5) is 15.1. The second-order valence-electron chi connectivity index (χ2n) is 7.10. The molecule has 0 radical (unpaired) electrons. The summed E-state index contributed by atoms with van der Waals surface area (Å²) in [5.74, 6) is 0.268. The highest BCUT2D eigenvalue weighted by Gasteiger charge is 2.32. The molecule has 1 fully saturated rings. The van der Waals surface area contributed by atoms with Crippen LogP contribution in [0.15, 0.2) is 18.2 Å². The van der Waals surface area contributed by atoms with Crippen molar-refractivity contribution in [2.45, 2.75) is 53.5 Å². The minimum absolute atomic E-state index is 0.0184. The zero-order valence-electron chi connectivity index (χ0n) is 13.5. The summed E-state index contributed by atoms with van der Waals surface area (Å²) >= 11 is 0. The predicted molar refractivity (Wildman–Crippen MR) is 84.3 cm³/mol. The summed E-state index contributed by atoms with van der Waals surface area (Å²) in [6.07, 6.45) is 2.45. The van der Waals surface area contributed by atoms with Crippen molar-refractivity contribution in [3.05, 3.63) is 34.9 Å². The van der Waals surface area contributed by atoms with E-state index in [4.69, 9.17) is 0 Å². The van der Waals surface area contributed by atoms with E-state index in [9.17, 15) is 4.79 Å². The van der Waals surface area contributed by atoms with Crippen LogP contribution in [0.4, 0.5) is 0 Å². The maximum absolute atomic E-state index is 12.8. The summed E-state index contributed by atoms with van der Waals surface area (Å²) in [7, 11) is 0. The van der Waals surface area contributed by atoms with E-state index in [0.29, 0.717) is 5.41 Å². The molecule has 1 atom stereocenters. The molecule has 1 heterocycles. The summed E-state index contributed by atoms with van der Waals surface area (Å²) in [5.41, 5.74) is 3.46. The van der Waals surface area contributed by atoms with E-state index in [1.54, 1.807) is 0 Å². The van der Waals surface area contributed by atoms with Gasteiger partial charge in [0, 0.05) is 12.1 Å². The number of nitrogens with zero attached hydrogens (tertiary/aromatic N) is 1. The molecule has 0 aromatic heterocycles. The Morgan fingerprint density at radius 3 is 2.65 bits per heavy atom. The number of carbonyl (C=O) groups excluding carboxylic acids is 1. The topological polar surface area (TPSA) is 20.3 Å². The van der Waals surface area contributed by atoms with Crippen molar-refractivity contribution in [3.8, 4) is 0 Å². The first-order chi connectivity index (χ1) is 9.30. The van der Waals surface area contributed by atoms with E-state index >= 15 is 0 Å². The van der Waals surface area contributed by atoms with E-state index in [1.165, 1.54) is 12.8 Å². The minimum atomic E-state index is -0.0184. The minimum Gasteiger partial charge on any atom is -0.293 e. The Morgan fingerprint density at radius 1 is 1.30 bits per heavy atom. The molecule has 2 rings (SSSR count). The van der Waals surface area contributed by atoms with E-state index in [0.717, 1.165) is 29.8 Å². The van der Waals surface area contributed by atoms with Crippen molar-refractivity contribution in [2.24, 2.45) is 5.41 Å². The lowest BCUT2D eigenvalue weighted by Crippen LogP contribution is -2.47. The molecule has 0 aliphatic carbocycles. The lowest BCUT2D eigenvalue weighted by atomic mass is 9.83. The zero-order valence-corrected chi connectivity index (χ0v) is 13.5. The third-order valence-electron chi connectivity index (χ3n) is 4.52. The highest BCUT2D eigenvalue weighted by Crippen LogP contribution is 2.30. The first kappa shape index (κ1) is 15.2. The second-order valence-corrected chi connectivity index (χ2v) is 7.10. The summed E-state index contributed by atoms with van der Waals surface area (Å²) in [6.45, 7) is 12.8. The van der Waals surface area contributed by atoms with Crippen LogP contribution in [0.2, 0.25) is 0 Å². The highest BCUT2D eigenvalue weighted by molar-refractivity contribution is 6.01. The highest BCUT2D eigenvalue weighted by atomic mass is 16.1. The van der Waals surface area contributed by atoms with Gasteiger partial charge in [-0.1, -0.05) is 31.5 Å². The van der Waals surface area contributed by atoms with Gasteiger partial charge in [0.1, 0.15) is 0 Å². The SMILES string of the molecule is Cc1ccc(C)c(C(=O)C(C)N2CCCC(C)(C)C2)c1. The van der Waals surface area contributed by atoms with Crippen LogP contribution in [0.25, 0.3) is 0 Å². The monoisotopic (exact) mass is 273 g/mol. The van der Waals surface area contributed by atoms with Gasteiger partial charge in [-0.3, -0.25) is 9.69 Å². The molecule has 1 aliphatic heterocycles. The van der Waals surface area contributed by atoms with Gasteiger partial charge in [-0.2, -0.15) is 0 Å². The van der Waals surface area contributed by atoms with Crippen LogP contribution >= 0.6 is 0 Å². The van der Waals surface area contributed by atoms with Gasteiger partial charge in [-0.25, -0.2) is 0 Å². The molecule has 0 spiro atoms. The van der Waals surface area contributed by atoms with Gasteiger partial charge in [-0.05, 0) is 57.2 Å². The molecule has 1 saturated heterocycles. The first-order valence-electron chi connectivity index (χ1n) is 7.66. The van der Waals surface area contributed by atoms with Crippen LogP contribution in [0.1, 0.15) is 55.1 Å². The Kier molecular flexibility index (Phi) is 4.33. The first-order valence-corrected chi connectivity index (χ1v) is 7.66. The van der Waals surface area contributed by atoms with E-state index < -0.39 is 0 Å². The number of benzene rings is 1. The molecule has 2 heteroatoms. The van der Waals surface area contributed by atoms with Crippen LogP contribution in [0, 0.1) is 19.3 Å². The number of hydrogen-bond donors (Lipinski definition) is 0. The van der Waals surface area contributed by atoms with Gasteiger partial charge >= 0.3 is 0 Å². The van der Waals surface area contributed by atoms with Gasteiger partial charge in [0.25, 0.3) is 0 Å². The lowest BCUT2D eigenvalue weighted by molar-refractivity contribution is 0.0626. The van der Waals surface area contributed by atoms with Gasteiger partial charge in [0.05, 0.1) is 6.04 Å². The molecule has 110 valence electrons. The summed E-state index contributed by atoms with van der Waals surface area (Å²) in [5, 5.41) is 0. The molecule has 0 saturated carbocycles. The maximum atomic E-state index is 12.8. The second kappa shape index (κ2) is 5.69. The molecule has 1 aromatic rings. The fraction of sp³-hybridized carbons (Fsp3) is 0.611. The van der Waals surface area contributed by atoms with E-state index in [1.807, 2.05) is 19.9 Å². The largest absolute Gasteiger partial charge is 0.293 e. The van der Waals surface area contributed by atoms with Crippen LogP contribution < -0.4 is 0 Å². The number of rotatable bonds is 3. The molecule has 2 nitrogen and oxygen atoms in total. The Hall–Kier alpha value is -1.15. The van der Waals surface area contributed by atoms with Gasteiger partial charge in [0.15, 0.2) is 5.78 Å². The average molecular weight is 273 g/mol. The molecule has 1 aromatic carbocycles. The number of piperidine rings is 1. The average Bonchev–Trinajstić information content (AvgIpc) is 2.38. The fourth-order valence-electron chi connectivity index (χ4n) is 3.19. The Labute approximate surface area is 123 Å². The lowest BCUT2D eigenvalue weighted by Gasteiger charge is -2.40. The van der Waals surface area contributed by atoms with Crippen LogP contribution in [-0.2, 0) is 0 Å². The molecule has 0 amide bonds. The molecule has 20 heavy (non-hydrogen) atoms. The number of hydrogen-bond acceptors (Lipinski definition) is 2. The molecule has 1 unspecified atom stereocenters. The van der Waals surface area contributed by atoms with Gasteiger partial charge < -0.3 is 0 Å². The van der Waals surface area contributed by atoms with Crippen molar-refractivity contribution in [2.75, 3.05) is 13.1 Å². The third kappa shape index (κ3) is 3.29. The van der Waals surface area contributed by atoms with Crippen LogP contribution in [0.5, 0.6) is 0 Å². The third-order valence-corrected chi connectivity index (χ3v) is 4.52. The molecule has 1 aliphatic rings. The standard InChI is InChI=1S/C18H27NO/c1-13-7-8-14(2)16(11-13)17(20)15(3)19-10-6-9-18(4,5)12-19/h7-8,11,15H,6,9-10,12H2,1-5H3. The number of ketones is 1. The van der Waals surface area contributed by atoms with Gasteiger partial charge in [0.2, 0.25) is 0 Å². The molecule has 0 bridgehead atoms. The number of aryl methyl sites for hydroxylation is 2. The van der Waals surface area contributed by atoms with Crippen LogP contribution in [-0.4, -0.2) is 29.8 Å². The Bertz CT molecular complexity index is 504. The zero-order chi connectivity index (χ0) is 14.9. The molecule has 0 N–H and O–H groups in total. The van der Waals surface area contributed by atoms with Gasteiger partial charge in [-0.15, -0.1) is 0 Å². The predicted octanol–water partition coefficient (Wildman–Crippen LogP) is 4.00. The maximum Gasteiger partial charge on any atom is 0.179 e. The Morgan fingerprint density at radius 2 is 2.00 bits per heavy atom. The normalized spacial score (nSPS) is 20.6. The summed E-state index contributed by atoms with van der Waals surface area (Å²) in [6, 6.07) is 6.13. The van der Waals surface area contributed by atoms with Crippen molar-refractivity contribution in [1.82, 2.24) is 4.90 Å². The number of Topliss-reactive ketones (excluding diaryl/α,β-unsaturated/α-hetero) is 1. The van der Waals surface area contributed by atoms with Crippen LogP contribution in [0.3, 0.4) is 0 Å². The van der Waals surface area contributed by atoms with Crippen molar-refractivity contribution < 1.29 is 4.79 Å². The molecular weight excluding hydrogens is 246 g/mol. The quantitative estimate of drug-likeness (QED) is 0.776. The van der Waals surface area contributed by atoms with Crippen molar-refractivity contribution in [3.63, 3.8) is 0 Å². The van der Waals surface area contributed by atoms with E-state index in [-0.39, 0.29) is 11.8 Å². The fourth-order valence-corrected chi connectivity index (χ4v) is 3.19. The number of likely N-dealkylation sites (tertiary alicyclic amines) is 1. The van der Waals surface area contributed by atoms with Crippen molar-refractivity contribution >= 4 is 5.78 Å².